The summed E-state index contributed by atoms with van der Waals surface area (Å²) >= 11 is 5.97. The number of likely N-dealkylation sites (tertiary alicyclic amines) is 1. The number of hydrogen-bond donors (Lipinski definition) is 0. The molecule has 1 atom stereocenters. The van der Waals surface area contributed by atoms with Gasteiger partial charge in [-0.1, -0.05) is 11.6 Å². The lowest BCUT2D eigenvalue weighted by Crippen LogP contribution is -2.41. The summed E-state index contributed by atoms with van der Waals surface area (Å²) in [4.78, 5) is 32.3. The molecular formula is C23H21ClFN3O2. The Morgan fingerprint density at radius 2 is 1.93 bits per heavy atom. The average molecular weight is 426 g/mol. The van der Waals surface area contributed by atoms with Gasteiger partial charge in [0.05, 0.1) is 10.5 Å². The molecule has 30 heavy (non-hydrogen) atoms. The Balaban J connectivity index is 1.54. The Hall–Kier alpha value is -2.73. The Morgan fingerprint density at radius 1 is 1.17 bits per heavy atom. The number of carbonyl (C=O) groups is 1. The molecule has 0 radical (unpaired) electrons. The molecule has 2 aliphatic rings. The first kappa shape index (κ1) is 19.2. The number of halogens is 2. The van der Waals surface area contributed by atoms with Crippen LogP contribution in [0, 0.1) is 5.82 Å². The number of piperidine rings is 1. The Labute approximate surface area is 178 Å². The van der Waals surface area contributed by atoms with E-state index >= 15 is 0 Å². The lowest BCUT2D eigenvalue weighted by atomic mass is 9.91. The SMILES string of the molecule is O=C(c1cn(C2CC2)c2cc(Cl)c(F)cc2c1=O)N1CCCC(c2ccncc2)C1. The third kappa shape index (κ3) is 3.39. The van der Waals surface area contributed by atoms with Crippen molar-refractivity contribution in [1.82, 2.24) is 14.5 Å². The third-order valence-corrected chi connectivity index (χ3v) is 6.42. The van der Waals surface area contributed by atoms with Crippen molar-refractivity contribution in [2.24, 2.45) is 0 Å². The molecule has 0 spiro atoms. The second kappa shape index (κ2) is 7.51. The fourth-order valence-corrected chi connectivity index (χ4v) is 4.55. The molecule has 1 aliphatic carbocycles. The fraction of sp³-hybridized carbons (Fsp3) is 0.348. The molecule has 5 rings (SSSR count). The zero-order chi connectivity index (χ0) is 20.8. The molecule has 154 valence electrons. The number of amides is 1. The van der Waals surface area contributed by atoms with Gasteiger partial charge in [-0.25, -0.2) is 4.39 Å². The normalized spacial score (nSPS) is 19.3. The van der Waals surface area contributed by atoms with Gasteiger partial charge in [0.2, 0.25) is 5.43 Å². The third-order valence-electron chi connectivity index (χ3n) is 6.13. The van der Waals surface area contributed by atoms with Crippen molar-refractivity contribution in [2.75, 3.05) is 13.1 Å². The summed E-state index contributed by atoms with van der Waals surface area (Å²) in [6.45, 7) is 1.16. The summed E-state index contributed by atoms with van der Waals surface area (Å²) in [5, 5.41) is 0.184. The van der Waals surface area contributed by atoms with Crippen molar-refractivity contribution >= 4 is 28.4 Å². The maximum atomic E-state index is 14.1. The summed E-state index contributed by atoms with van der Waals surface area (Å²) < 4.78 is 16.0. The van der Waals surface area contributed by atoms with E-state index < -0.39 is 11.2 Å². The van der Waals surface area contributed by atoms with Crippen LogP contribution in [-0.2, 0) is 0 Å². The Kier molecular flexibility index (Phi) is 4.82. The van der Waals surface area contributed by atoms with Crippen LogP contribution in [0.5, 0.6) is 0 Å². The molecule has 3 aromatic rings. The molecule has 1 aromatic carbocycles. The number of carbonyl (C=O) groups excluding carboxylic acids is 1. The van der Waals surface area contributed by atoms with Gasteiger partial charge in [0.1, 0.15) is 11.4 Å². The van der Waals surface area contributed by atoms with Crippen molar-refractivity contribution < 1.29 is 9.18 Å². The Bertz CT molecular complexity index is 1190. The largest absolute Gasteiger partial charge is 0.343 e. The molecule has 5 nitrogen and oxygen atoms in total. The van der Waals surface area contributed by atoms with Crippen molar-refractivity contribution in [3.8, 4) is 0 Å². The first-order valence-electron chi connectivity index (χ1n) is 10.3. The van der Waals surface area contributed by atoms with Crippen LogP contribution in [0.15, 0.2) is 47.7 Å². The molecule has 1 unspecified atom stereocenters. The van der Waals surface area contributed by atoms with Crippen LogP contribution in [0.1, 0.15) is 53.6 Å². The maximum Gasteiger partial charge on any atom is 0.259 e. The minimum atomic E-state index is -0.649. The highest BCUT2D eigenvalue weighted by Gasteiger charge is 2.30. The molecule has 7 heteroatoms. The molecule has 1 saturated carbocycles. The zero-order valence-electron chi connectivity index (χ0n) is 16.4. The highest BCUT2D eigenvalue weighted by molar-refractivity contribution is 6.31. The summed E-state index contributed by atoms with van der Waals surface area (Å²) in [7, 11) is 0. The van der Waals surface area contributed by atoms with E-state index in [-0.39, 0.29) is 33.8 Å². The maximum absolute atomic E-state index is 14.1. The fourth-order valence-electron chi connectivity index (χ4n) is 4.39. The van der Waals surface area contributed by atoms with Crippen molar-refractivity contribution in [3.63, 3.8) is 0 Å². The Morgan fingerprint density at radius 3 is 2.67 bits per heavy atom. The van der Waals surface area contributed by atoms with Crippen LogP contribution >= 0.6 is 11.6 Å². The highest BCUT2D eigenvalue weighted by Crippen LogP contribution is 2.38. The zero-order valence-corrected chi connectivity index (χ0v) is 17.1. The molecule has 1 amide bonds. The van der Waals surface area contributed by atoms with E-state index in [1.54, 1.807) is 23.5 Å². The van der Waals surface area contributed by atoms with Crippen molar-refractivity contribution in [3.05, 3.63) is 75.0 Å². The van der Waals surface area contributed by atoms with Gasteiger partial charge in [-0.05, 0) is 55.5 Å². The molecule has 2 aromatic heterocycles. The number of benzene rings is 1. The molecule has 3 heterocycles. The van der Waals surface area contributed by atoms with Crippen LogP contribution in [0.4, 0.5) is 4.39 Å². The van der Waals surface area contributed by atoms with Crippen LogP contribution in [-0.4, -0.2) is 33.4 Å². The first-order valence-corrected chi connectivity index (χ1v) is 10.6. The topological polar surface area (TPSA) is 55.2 Å². The predicted octanol–water partition coefficient (Wildman–Crippen LogP) is 4.54. The van der Waals surface area contributed by atoms with Gasteiger partial charge < -0.3 is 9.47 Å². The standard InChI is InChI=1S/C23H21ClFN3O2/c24-19-11-21-17(10-20(19)25)22(29)18(13-28(21)16-3-4-16)23(30)27-9-1-2-15(12-27)14-5-7-26-8-6-14/h5-8,10-11,13,15-16H,1-4,9,12H2. The van der Waals surface area contributed by atoms with E-state index in [0.717, 1.165) is 37.3 Å². The summed E-state index contributed by atoms with van der Waals surface area (Å²) in [5.41, 5.74) is 1.40. The number of hydrogen-bond acceptors (Lipinski definition) is 3. The summed E-state index contributed by atoms with van der Waals surface area (Å²) in [6.07, 6.45) is 8.95. The summed E-state index contributed by atoms with van der Waals surface area (Å²) in [5.74, 6) is -0.720. The van der Waals surface area contributed by atoms with Crippen LogP contribution in [0.2, 0.25) is 5.02 Å². The van der Waals surface area contributed by atoms with Gasteiger partial charge in [0.15, 0.2) is 0 Å². The second-order valence-corrected chi connectivity index (χ2v) is 8.57. The second-order valence-electron chi connectivity index (χ2n) is 8.16. The molecule has 1 saturated heterocycles. The highest BCUT2D eigenvalue weighted by atomic mass is 35.5. The number of nitrogens with zero attached hydrogens (tertiary/aromatic N) is 3. The van der Waals surface area contributed by atoms with Crippen LogP contribution < -0.4 is 5.43 Å². The molecule has 0 bridgehead atoms. The van der Waals surface area contributed by atoms with Gasteiger partial charge in [-0.3, -0.25) is 14.6 Å². The van der Waals surface area contributed by atoms with E-state index in [1.165, 1.54) is 6.07 Å². The molecule has 0 N–H and O–H groups in total. The van der Waals surface area contributed by atoms with Gasteiger partial charge in [0, 0.05) is 49.0 Å². The van der Waals surface area contributed by atoms with E-state index in [1.807, 2.05) is 16.7 Å². The molecule has 1 aliphatic heterocycles. The quantitative estimate of drug-likeness (QED) is 0.618. The molecule has 2 fully saturated rings. The van der Waals surface area contributed by atoms with Gasteiger partial charge in [0.25, 0.3) is 5.91 Å². The number of pyridine rings is 2. The minimum Gasteiger partial charge on any atom is -0.343 e. The smallest absolute Gasteiger partial charge is 0.259 e. The number of rotatable bonds is 3. The van der Waals surface area contributed by atoms with Gasteiger partial charge in [-0.2, -0.15) is 0 Å². The lowest BCUT2D eigenvalue weighted by molar-refractivity contribution is 0.0705. The number of aromatic nitrogens is 2. The minimum absolute atomic E-state index is 0.0217. The van der Waals surface area contributed by atoms with Gasteiger partial charge in [-0.15, -0.1) is 0 Å². The van der Waals surface area contributed by atoms with E-state index in [0.29, 0.717) is 18.6 Å². The van der Waals surface area contributed by atoms with E-state index in [9.17, 15) is 14.0 Å². The first-order chi connectivity index (χ1) is 14.5. The summed E-state index contributed by atoms with van der Waals surface area (Å²) in [6, 6.07) is 6.81. The van der Waals surface area contributed by atoms with E-state index in [2.05, 4.69) is 4.98 Å². The van der Waals surface area contributed by atoms with Crippen LogP contribution in [0.25, 0.3) is 10.9 Å². The number of fused-ring (bicyclic) bond motifs is 1. The van der Waals surface area contributed by atoms with Gasteiger partial charge >= 0.3 is 0 Å². The van der Waals surface area contributed by atoms with Crippen molar-refractivity contribution in [1.29, 1.82) is 0 Å². The monoisotopic (exact) mass is 425 g/mol. The van der Waals surface area contributed by atoms with Crippen molar-refractivity contribution in [2.45, 2.75) is 37.6 Å². The van der Waals surface area contributed by atoms with Crippen LogP contribution in [0.3, 0.4) is 0 Å². The predicted molar refractivity (Wildman–Crippen MR) is 114 cm³/mol. The van der Waals surface area contributed by atoms with E-state index in [4.69, 9.17) is 11.6 Å². The average Bonchev–Trinajstić information content (AvgIpc) is 3.61. The lowest BCUT2D eigenvalue weighted by Gasteiger charge is -2.33. The molecular weight excluding hydrogens is 405 g/mol.